The molecule has 0 spiro atoms. The second-order valence-corrected chi connectivity index (χ2v) is 9.25. The summed E-state index contributed by atoms with van der Waals surface area (Å²) in [6.07, 6.45) is -9.27. The summed E-state index contributed by atoms with van der Waals surface area (Å²) in [5.41, 5.74) is 4.77. The summed E-state index contributed by atoms with van der Waals surface area (Å²) in [5.74, 6) is -1.51. The highest BCUT2D eigenvalue weighted by molar-refractivity contribution is 5.31. The highest BCUT2D eigenvalue weighted by Crippen LogP contribution is 2.35. The van der Waals surface area contributed by atoms with E-state index in [9.17, 15) is 45.3 Å². The Kier molecular flexibility index (Phi) is 10.9. The molecule has 14 heteroatoms. The molecule has 2 heterocycles. The molecule has 4 atom stereocenters. The molecule has 2 aromatic carbocycles. The van der Waals surface area contributed by atoms with Crippen LogP contribution in [-0.2, 0) is 12.4 Å². The minimum atomic E-state index is -4.51. The predicted octanol–water partition coefficient (Wildman–Crippen LogP) is 6.21. The topological polar surface area (TPSA) is 104 Å². The molecule has 0 aliphatic carbocycles. The molecule has 5 N–H and O–H groups in total. The third kappa shape index (κ3) is 9.00. The van der Waals surface area contributed by atoms with E-state index in [4.69, 9.17) is 5.73 Å². The van der Waals surface area contributed by atoms with Gasteiger partial charge in [-0.3, -0.25) is 0 Å². The lowest BCUT2D eigenvalue weighted by Gasteiger charge is -2.24. The van der Waals surface area contributed by atoms with Gasteiger partial charge in [0.25, 0.3) is 0 Å². The van der Waals surface area contributed by atoms with Crippen molar-refractivity contribution in [2.45, 2.75) is 36.6 Å². The van der Waals surface area contributed by atoms with E-state index in [-0.39, 0.29) is 16.7 Å². The van der Waals surface area contributed by atoms with Crippen molar-refractivity contribution in [3.05, 3.63) is 130 Å². The van der Waals surface area contributed by atoms with Gasteiger partial charge in [0.2, 0.25) is 11.9 Å². The van der Waals surface area contributed by atoms with Crippen molar-refractivity contribution in [2.75, 3.05) is 7.05 Å². The van der Waals surface area contributed by atoms with Crippen molar-refractivity contribution >= 4 is 0 Å². The van der Waals surface area contributed by atoms with Crippen LogP contribution < -0.4 is 11.1 Å². The Labute approximate surface area is 240 Å². The number of likely N-dealkylation sites (N-methyl/N-ethyl adjacent to an activating group) is 1. The van der Waals surface area contributed by atoms with E-state index in [1.807, 2.05) is 0 Å². The molecule has 230 valence electrons. The summed E-state index contributed by atoms with van der Waals surface area (Å²) in [5, 5.41) is 23.2. The number of hydrogen-bond donors (Lipinski definition) is 4. The molecule has 43 heavy (non-hydrogen) atoms. The third-order valence-corrected chi connectivity index (χ3v) is 6.32. The van der Waals surface area contributed by atoms with Crippen LogP contribution in [0.1, 0.15) is 57.7 Å². The van der Waals surface area contributed by atoms with E-state index in [0.717, 1.165) is 36.4 Å². The van der Waals surface area contributed by atoms with Gasteiger partial charge in [-0.1, -0.05) is 24.3 Å². The normalized spacial score (nSPS) is 14.7. The molecule has 0 radical (unpaired) electrons. The molecule has 0 fully saturated rings. The number of rotatable bonds is 7. The molecular formula is C29H26F8N4O2. The standard InChI is InChI=1S/C15H14F4N2O.C14H12F4N2O/c1-20-13(9-5-6-21-12(16)8-9)14(22)10-3-2-4-11(7-10)15(17,18)19;15-11-7-8(4-5-20-11)12(19)13(21)9-2-1-3-10(6-9)14(16,17)18/h2-8,13-14,20,22H,1H3;1-7,12-13,21H,19H2. The Morgan fingerprint density at radius 1 is 0.651 bits per heavy atom. The third-order valence-electron chi connectivity index (χ3n) is 6.32. The first-order valence-electron chi connectivity index (χ1n) is 12.5. The lowest BCUT2D eigenvalue weighted by Crippen LogP contribution is -2.24. The quantitative estimate of drug-likeness (QED) is 0.146. The zero-order valence-corrected chi connectivity index (χ0v) is 22.3. The Morgan fingerprint density at radius 2 is 1.09 bits per heavy atom. The Bertz CT molecular complexity index is 1500. The highest BCUT2D eigenvalue weighted by Gasteiger charge is 2.33. The zero-order chi connectivity index (χ0) is 31.9. The van der Waals surface area contributed by atoms with E-state index in [1.54, 1.807) is 0 Å². The van der Waals surface area contributed by atoms with Gasteiger partial charge in [-0.2, -0.15) is 35.1 Å². The average molecular weight is 615 g/mol. The number of pyridine rings is 2. The second kappa shape index (κ2) is 14.0. The minimum Gasteiger partial charge on any atom is -0.386 e. The van der Waals surface area contributed by atoms with Crippen LogP contribution in [0.3, 0.4) is 0 Å². The summed E-state index contributed by atoms with van der Waals surface area (Å²) < 4.78 is 102. The minimum absolute atomic E-state index is 0.00884. The number of aromatic nitrogens is 2. The van der Waals surface area contributed by atoms with Gasteiger partial charge in [0.1, 0.15) is 0 Å². The summed E-state index contributed by atoms with van der Waals surface area (Å²) >= 11 is 0. The van der Waals surface area contributed by atoms with Crippen LogP contribution in [0.25, 0.3) is 0 Å². The predicted molar refractivity (Wildman–Crippen MR) is 140 cm³/mol. The van der Waals surface area contributed by atoms with Gasteiger partial charge >= 0.3 is 12.4 Å². The number of aliphatic hydroxyl groups excluding tert-OH is 2. The van der Waals surface area contributed by atoms with Gasteiger partial charge in [-0.25, -0.2) is 9.97 Å². The molecule has 0 bridgehead atoms. The van der Waals surface area contributed by atoms with Gasteiger partial charge in [-0.05, 0) is 77.8 Å². The van der Waals surface area contributed by atoms with Crippen molar-refractivity contribution in [1.82, 2.24) is 15.3 Å². The number of nitrogens with zero attached hydrogens (tertiary/aromatic N) is 2. The Morgan fingerprint density at radius 3 is 1.53 bits per heavy atom. The monoisotopic (exact) mass is 614 g/mol. The summed E-state index contributed by atoms with van der Waals surface area (Å²) in [6, 6.07) is 11.9. The Hall–Kier alpha value is -3.98. The fraction of sp³-hybridized carbons (Fsp3) is 0.241. The van der Waals surface area contributed by atoms with Crippen LogP contribution in [0, 0.1) is 11.9 Å². The number of benzene rings is 2. The van der Waals surface area contributed by atoms with Gasteiger partial charge in [0.15, 0.2) is 0 Å². The number of alkyl halides is 6. The maximum atomic E-state index is 13.2. The smallest absolute Gasteiger partial charge is 0.386 e. The van der Waals surface area contributed by atoms with Crippen LogP contribution in [0.5, 0.6) is 0 Å². The molecule has 4 unspecified atom stereocenters. The molecule has 6 nitrogen and oxygen atoms in total. The lowest BCUT2D eigenvalue weighted by atomic mass is 9.95. The van der Waals surface area contributed by atoms with Gasteiger partial charge in [0.05, 0.1) is 35.4 Å². The van der Waals surface area contributed by atoms with Crippen LogP contribution in [0.15, 0.2) is 85.2 Å². The molecule has 0 saturated heterocycles. The largest absolute Gasteiger partial charge is 0.416 e. The van der Waals surface area contributed by atoms with Crippen molar-refractivity contribution < 1.29 is 45.3 Å². The number of nitrogens with one attached hydrogen (secondary N) is 1. The highest BCUT2D eigenvalue weighted by atomic mass is 19.4. The van der Waals surface area contributed by atoms with Gasteiger partial charge in [0, 0.05) is 12.4 Å². The van der Waals surface area contributed by atoms with Gasteiger partial charge < -0.3 is 21.3 Å². The fourth-order valence-corrected chi connectivity index (χ4v) is 4.12. The summed E-state index contributed by atoms with van der Waals surface area (Å²) in [7, 11) is 1.53. The maximum Gasteiger partial charge on any atom is 0.416 e. The molecule has 0 amide bonds. The van der Waals surface area contributed by atoms with Crippen LogP contribution in [0.2, 0.25) is 0 Å². The zero-order valence-electron chi connectivity index (χ0n) is 22.3. The number of nitrogens with two attached hydrogens (primary N) is 1. The van der Waals surface area contributed by atoms with Crippen LogP contribution in [0.4, 0.5) is 35.1 Å². The number of halogens is 8. The molecule has 0 aliphatic heterocycles. The van der Waals surface area contributed by atoms with Crippen molar-refractivity contribution in [2.24, 2.45) is 5.73 Å². The first kappa shape index (κ1) is 33.5. The summed E-state index contributed by atoms with van der Waals surface area (Å²) in [6.45, 7) is 0. The van der Waals surface area contributed by atoms with E-state index >= 15 is 0 Å². The second-order valence-electron chi connectivity index (χ2n) is 9.25. The van der Waals surface area contributed by atoms with Gasteiger partial charge in [-0.15, -0.1) is 0 Å². The molecular weight excluding hydrogens is 588 g/mol. The fourth-order valence-electron chi connectivity index (χ4n) is 4.12. The first-order chi connectivity index (χ1) is 20.1. The van der Waals surface area contributed by atoms with E-state index in [1.165, 1.54) is 55.8 Å². The van der Waals surface area contributed by atoms with Crippen LogP contribution >= 0.6 is 0 Å². The number of aliphatic hydroxyl groups is 2. The average Bonchev–Trinajstić information content (AvgIpc) is 2.96. The molecule has 4 rings (SSSR count). The molecule has 4 aromatic rings. The van der Waals surface area contributed by atoms with Crippen molar-refractivity contribution in [3.8, 4) is 0 Å². The lowest BCUT2D eigenvalue weighted by molar-refractivity contribution is -0.138. The first-order valence-corrected chi connectivity index (χ1v) is 12.5. The Balaban J connectivity index is 0.000000236. The van der Waals surface area contributed by atoms with Crippen molar-refractivity contribution in [1.29, 1.82) is 0 Å². The maximum absolute atomic E-state index is 13.2. The van der Waals surface area contributed by atoms with Crippen LogP contribution in [-0.4, -0.2) is 27.2 Å². The van der Waals surface area contributed by atoms with Crippen molar-refractivity contribution in [3.63, 3.8) is 0 Å². The van der Waals surface area contributed by atoms with E-state index in [2.05, 4.69) is 15.3 Å². The molecule has 0 aliphatic rings. The number of hydrogen-bond acceptors (Lipinski definition) is 6. The summed E-state index contributed by atoms with van der Waals surface area (Å²) in [4.78, 5) is 6.76. The molecule has 0 saturated carbocycles. The van der Waals surface area contributed by atoms with E-state index in [0.29, 0.717) is 5.56 Å². The SMILES string of the molecule is CNC(c1ccnc(F)c1)C(O)c1cccc(C(F)(F)F)c1.NC(c1ccnc(F)c1)C(O)c1cccc(C(F)(F)F)c1. The van der Waals surface area contributed by atoms with E-state index < -0.39 is 59.7 Å². The molecule has 2 aromatic heterocycles.